The van der Waals surface area contributed by atoms with Crippen LogP contribution >= 0.6 is 7.82 Å². The van der Waals surface area contributed by atoms with Gasteiger partial charge in [-0.15, -0.1) is 0 Å². The molecular formula is C41H79O8P. The van der Waals surface area contributed by atoms with Crippen LogP contribution in [0.25, 0.3) is 0 Å². The Labute approximate surface area is 307 Å². The molecule has 0 fully saturated rings. The molecule has 0 unspecified atom stereocenters. The monoisotopic (exact) mass is 731 g/mol. The second-order valence-electron chi connectivity index (χ2n) is 14.3. The Balaban J connectivity index is 3.89. The minimum absolute atomic E-state index is 0.206. The third-order valence-corrected chi connectivity index (χ3v) is 9.77. The fourth-order valence-corrected chi connectivity index (χ4v) is 6.49. The van der Waals surface area contributed by atoms with Gasteiger partial charge in [0.25, 0.3) is 0 Å². The summed E-state index contributed by atoms with van der Waals surface area (Å²) >= 11 is 0. The zero-order chi connectivity index (χ0) is 36.8. The summed E-state index contributed by atoms with van der Waals surface area (Å²) in [4.78, 5) is 42.8. The highest BCUT2D eigenvalue weighted by Gasteiger charge is 2.22. The largest absolute Gasteiger partial charge is 0.469 e. The molecule has 0 aromatic carbocycles. The van der Waals surface area contributed by atoms with Crippen LogP contribution in [-0.2, 0) is 28.2 Å². The van der Waals surface area contributed by atoms with Crippen molar-refractivity contribution in [3.8, 4) is 0 Å². The second kappa shape index (κ2) is 37.5. The molecule has 0 heterocycles. The van der Waals surface area contributed by atoms with Crippen molar-refractivity contribution < 1.29 is 37.9 Å². The summed E-state index contributed by atoms with van der Waals surface area (Å²) in [5.74, 6) is -0.883. The predicted octanol–water partition coefficient (Wildman–Crippen LogP) is 12.6. The van der Waals surface area contributed by atoms with E-state index in [1.165, 1.54) is 135 Å². The normalized spacial score (nSPS) is 12.5. The van der Waals surface area contributed by atoms with Crippen LogP contribution in [0.3, 0.4) is 0 Å². The van der Waals surface area contributed by atoms with Gasteiger partial charge in [0.15, 0.2) is 6.10 Å². The Morgan fingerprint density at radius 3 is 1.22 bits per heavy atom. The van der Waals surface area contributed by atoms with Crippen molar-refractivity contribution in [2.75, 3.05) is 13.2 Å². The van der Waals surface area contributed by atoms with Gasteiger partial charge in [-0.3, -0.25) is 14.1 Å². The highest BCUT2D eigenvalue weighted by atomic mass is 31.2. The SMILES string of the molecule is CCCCCCCC/C=C/CCCCCCCC(=O)O[C@H](COC(=O)CCCCCCCCCCCCCCCCCCC)COP(=O)(O)O. The van der Waals surface area contributed by atoms with Gasteiger partial charge in [0.2, 0.25) is 0 Å². The molecule has 0 aromatic heterocycles. The van der Waals surface area contributed by atoms with Crippen molar-refractivity contribution in [3.05, 3.63) is 12.2 Å². The zero-order valence-electron chi connectivity index (χ0n) is 32.6. The first-order valence-corrected chi connectivity index (χ1v) is 22.5. The van der Waals surface area contributed by atoms with Gasteiger partial charge >= 0.3 is 19.8 Å². The van der Waals surface area contributed by atoms with E-state index in [2.05, 4.69) is 30.5 Å². The summed E-state index contributed by atoms with van der Waals surface area (Å²) in [6.07, 6.45) is 40.7. The molecular weight excluding hydrogens is 651 g/mol. The first kappa shape index (κ1) is 48.8. The first-order chi connectivity index (χ1) is 24.3. The topological polar surface area (TPSA) is 119 Å². The number of phosphoric ester groups is 1. The maximum atomic E-state index is 12.4. The van der Waals surface area contributed by atoms with E-state index in [0.717, 1.165) is 51.4 Å². The lowest BCUT2D eigenvalue weighted by molar-refractivity contribution is -0.161. The molecule has 1 atom stereocenters. The van der Waals surface area contributed by atoms with E-state index in [-0.39, 0.29) is 19.4 Å². The molecule has 50 heavy (non-hydrogen) atoms. The van der Waals surface area contributed by atoms with E-state index in [4.69, 9.17) is 19.3 Å². The molecule has 8 nitrogen and oxygen atoms in total. The van der Waals surface area contributed by atoms with E-state index < -0.39 is 32.5 Å². The molecule has 0 aliphatic rings. The summed E-state index contributed by atoms with van der Waals surface area (Å²) in [5, 5.41) is 0. The Morgan fingerprint density at radius 1 is 0.500 bits per heavy atom. The molecule has 9 heteroatoms. The van der Waals surface area contributed by atoms with Crippen molar-refractivity contribution >= 4 is 19.8 Å². The summed E-state index contributed by atoms with van der Waals surface area (Å²) < 4.78 is 26.4. The van der Waals surface area contributed by atoms with E-state index in [1.54, 1.807) is 0 Å². The van der Waals surface area contributed by atoms with Crippen molar-refractivity contribution in [3.63, 3.8) is 0 Å². The molecule has 0 bridgehead atoms. The Morgan fingerprint density at radius 2 is 0.840 bits per heavy atom. The van der Waals surface area contributed by atoms with Crippen LogP contribution in [0.15, 0.2) is 12.2 Å². The van der Waals surface area contributed by atoms with Crippen molar-refractivity contribution in [2.45, 2.75) is 225 Å². The van der Waals surface area contributed by atoms with E-state index >= 15 is 0 Å². The summed E-state index contributed by atoms with van der Waals surface area (Å²) in [5.41, 5.74) is 0. The number of ether oxygens (including phenoxy) is 2. The van der Waals surface area contributed by atoms with E-state index in [1.807, 2.05) is 0 Å². The molecule has 0 rings (SSSR count). The van der Waals surface area contributed by atoms with Crippen LogP contribution in [0.1, 0.15) is 219 Å². The summed E-state index contributed by atoms with van der Waals surface area (Å²) in [6.45, 7) is 3.69. The van der Waals surface area contributed by atoms with Crippen LogP contribution in [-0.4, -0.2) is 41.0 Å². The molecule has 0 radical (unpaired) electrons. The molecule has 0 saturated heterocycles. The number of carbonyl (C=O) groups is 2. The Bertz CT molecular complexity index is 827. The number of hydrogen-bond acceptors (Lipinski definition) is 6. The minimum atomic E-state index is -4.75. The van der Waals surface area contributed by atoms with Gasteiger partial charge in [-0.25, -0.2) is 4.57 Å². The van der Waals surface area contributed by atoms with Gasteiger partial charge in [0.1, 0.15) is 6.61 Å². The highest BCUT2D eigenvalue weighted by Crippen LogP contribution is 2.36. The molecule has 0 aliphatic carbocycles. The second-order valence-corrected chi connectivity index (χ2v) is 15.6. The number of phosphoric acid groups is 1. The number of rotatable bonds is 39. The van der Waals surface area contributed by atoms with Gasteiger partial charge in [-0.2, -0.15) is 0 Å². The van der Waals surface area contributed by atoms with Gasteiger partial charge < -0.3 is 19.3 Å². The smallest absolute Gasteiger partial charge is 0.462 e. The van der Waals surface area contributed by atoms with Crippen LogP contribution < -0.4 is 0 Å². The molecule has 0 saturated carbocycles. The predicted molar refractivity (Wildman–Crippen MR) is 207 cm³/mol. The molecule has 0 aromatic rings. The number of allylic oxidation sites excluding steroid dienone is 2. The minimum Gasteiger partial charge on any atom is -0.462 e. The third kappa shape index (κ3) is 39.6. The van der Waals surface area contributed by atoms with Gasteiger partial charge in [0.05, 0.1) is 6.61 Å². The number of carbonyl (C=O) groups excluding carboxylic acids is 2. The summed E-state index contributed by atoms with van der Waals surface area (Å²) in [6, 6.07) is 0. The number of esters is 2. The lowest BCUT2D eigenvalue weighted by atomic mass is 10.0. The highest BCUT2D eigenvalue weighted by molar-refractivity contribution is 7.46. The van der Waals surface area contributed by atoms with Crippen LogP contribution in [0.5, 0.6) is 0 Å². The maximum Gasteiger partial charge on any atom is 0.469 e. The molecule has 0 spiro atoms. The molecule has 0 aliphatic heterocycles. The van der Waals surface area contributed by atoms with Crippen molar-refractivity contribution in [1.29, 1.82) is 0 Å². The van der Waals surface area contributed by atoms with Crippen molar-refractivity contribution in [2.24, 2.45) is 0 Å². The molecule has 296 valence electrons. The molecule has 0 amide bonds. The number of unbranched alkanes of at least 4 members (excludes halogenated alkanes) is 27. The van der Waals surface area contributed by atoms with Crippen LogP contribution in [0.2, 0.25) is 0 Å². The zero-order valence-corrected chi connectivity index (χ0v) is 33.5. The summed E-state index contributed by atoms with van der Waals surface area (Å²) in [7, 11) is -4.75. The van der Waals surface area contributed by atoms with E-state index in [9.17, 15) is 14.2 Å². The fourth-order valence-electron chi connectivity index (χ4n) is 6.13. The van der Waals surface area contributed by atoms with Gasteiger partial charge in [-0.1, -0.05) is 180 Å². The fraction of sp³-hybridized carbons (Fsp3) is 0.902. The Hall–Kier alpha value is -1.21. The van der Waals surface area contributed by atoms with Crippen LogP contribution in [0.4, 0.5) is 0 Å². The first-order valence-electron chi connectivity index (χ1n) is 21.0. The standard InChI is InChI=1S/C41H79O8P/c1-3-5-7-9-11-13-15-17-19-20-22-23-25-27-29-31-33-35-40(42)47-37-39(38-48-50(44,45)46)49-41(43)36-34-32-30-28-26-24-21-18-16-14-12-10-8-6-4-2/h18,21,39H,3-17,19-20,22-38H2,1-2H3,(H2,44,45,46)/b21-18+/t39-/m1/s1. The average Bonchev–Trinajstić information content (AvgIpc) is 3.08. The number of hydrogen-bond donors (Lipinski definition) is 2. The quantitative estimate of drug-likeness (QED) is 0.0278. The van der Waals surface area contributed by atoms with E-state index in [0.29, 0.717) is 6.42 Å². The maximum absolute atomic E-state index is 12.4. The van der Waals surface area contributed by atoms with Crippen molar-refractivity contribution in [1.82, 2.24) is 0 Å². The average molecular weight is 731 g/mol. The molecule has 2 N–H and O–H groups in total. The third-order valence-electron chi connectivity index (χ3n) is 9.28. The van der Waals surface area contributed by atoms with Gasteiger partial charge in [0, 0.05) is 12.8 Å². The lowest BCUT2D eigenvalue weighted by Gasteiger charge is -2.18. The van der Waals surface area contributed by atoms with Gasteiger partial charge in [-0.05, 0) is 38.5 Å². The Kier molecular flexibility index (Phi) is 36.6. The van der Waals surface area contributed by atoms with Crippen LogP contribution in [0, 0.1) is 0 Å². The lowest BCUT2D eigenvalue weighted by Crippen LogP contribution is -2.29.